The average Bonchev–Trinajstić information content (AvgIpc) is 2.55. The molecule has 0 aliphatic heterocycles. The van der Waals surface area contributed by atoms with Crippen molar-refractivity contribution in [1.82, 2.24) is 10.4 Å². The van der Waals surface area contributed by atoms with Crippen molar-refractivity contribution >= 4 is 42.4 Å². The number of halogens is 2. The van der Waals surface area contributed by atoms with Crippen LogP contribution in [0.5, 0.6) is 0 Å². The first-order valence-electron chi connectivity index (χ1n) is 6.91. The third kappa shape index (κ3) is 7.68. The fraction of sp³-hybridized carbons (Fsp3) is 0.118. The van der Waals surface area contributed by atoms with Gasteiger partial charge in [0.15, 0.2) is 0 Å². The van der Waals surface area contributed by atoms with Crippen molar-refractivity contribution in [2.45, 2.75) is 13.3 Å². The maximum absolute atomic E-state index is 11.2. The molecule has 2 amide bonds. The molecule has 2 aromatic rings. The summed E-state index contributed by atoms with van der Waals surface area (Å²) in [4.78, 5) is 26.2. The summed E-state index contributed by atoms with van der Waals surface area (Å²) < 4.78 is 0. The smallest absolute Gasteiger partial charge is 0.238 e. The van der Waals surface area contributed by atoms with Crippen molar-refractivity contribution in [2.24, 2.45) is 5.84 Å². The van der Waals surface area contributed by atoms with E-state index >= 15 is 0 Å². The van der Waals surface area contributed by atoms with E-state index in [0.717, 1.165) is 16.7 Å². The van der Waals surface area contributed by atoms with E-state index in [1.165, 1.54) is 6.92 Å². The number of carbonyl (C=O) groups excluding carboxylic acids is 2. The van der Waals surface area contributed by atoms with Gasteiger partial charge in [-0.1, -0.05) is 24.0 Å². The average molecular weight is 381 g/mol. The summed E-state index contributed by atoms with van der Waals surface area (Å²) >= 11 is 0. The Hall–Kier alpha value is -2.59. The van der Waals surface area contributed by atoms with Gasteiger partial charge in [-0.15, -0.1) is 24.8 Å². The first-order chi connectivity index (χ1) is 11.1. The van der Waals surface area contributed by atoms with Gasteiger partial charge in [-0.05, 0) is 29.8 Å². The standard InChI is InChI=1S/C17H16N4O2.2ClH/c1-12(22)20-16-9-8-15(11-19-16)7-4-13-2-5-14(6-3-13)10-17(23)21-18;;/h2-3,5-6,8-9,11H,10,18H2,1H3,(H,21,23)(H,19,20,22);2*1H. The molecule has 0 aliphatic carbocycles. The number of nitrogens with one attached hydrogen (secondary N) is 2. The molecule has 0 atom stereocenters. The third-order valence-corrected chi connectivity index (χ3v) is 2.90. The number of hydrogen-bond acceptors (Lipinski definition) is 4. The lowest BCUT2D eigenvalue weighted by molar-refractivity contribution is -0.120. The molecule has 132 valence electrons. The Balaban J connectivity index is 0.00000288. The number of aromatic nitrogens is 1. The van der Waals surface area contributed by atoms with Gasteiger partial charge in [-0.25, -0.2) is 10.8 Å². The van der Waals surface area contributed by atoms with Crippen LogP contribution < -0.4 is 16.6 Å². The first kappa shape index (κ1) is 22.4. The number of amides is 2. The van der Waals surface area contributed by atoms with Crippen LogP contribution in [0.1, 0.15) is 23.6 Å². The molecule has 0 fully saturated rings. The number of anilines is 1. The van der Waals surface area contributed by atoms with Crippen LogP contribution in [-0.4, -0.2) is 16.8 Å². The Morgan fingerprint density at radius 3 is 2.16 bits per heavy atom. The molecule has 1 heterocycles. The zero-order chi connectivity index (χ0) is 16.7. The molecule has 4 N–H and O–H groups in total. The zero-order valence-electron chi connectivity index (χ0n) is 13.4. The molecule has 0 unspecified atom stereocenters. The number of benzene rings is 1. The summed E-state index contributed by atoms with van der Waals surface area (Å²) in [5, 5.41) is 2.59. The van der Waals surface area contributed by atoms with Crippen LogP contribution >= 0.6 is 24.8 Å². The van der Waals surface area contributed by atoms with E-state index in [4.69, 9.17) is 5.84 Å². The van der Waals surface area contributed by atoms with Crippen LogP contribution in [0.2, 0.25) is 0 Å². The van der Waals surface area contributed by atoms with Gasteiger partial charge in [0.2, 0.25) is 11.8 Å². The second-order valence-electron chi connectivity index (χ2n) is 4.80. The van der Waals surface area contributed by atoms with Gasteiger partial charge in [0.1, 0.15) is 5.82 Å². The zero-order valence-corrected chi connectivity index (χ0v) is 15.0. The molecule has 0 radical (unpaired) electrons. The predicted octanol–water partition coefficient (Wildman–Crippen LogP) is 1.82. The van der Waals surface area contributed by atoms with Crippen LogP contribution in [0, 0.1) is 11.8 Å². The van der Waals surface area contributed by atoms with Crippen LogP contribution in [0.25, 0.3) is 0 Å². The van der Waals surface area contributed by atoms with Crippen molar-refractivity contribution in [2.75, 3.05) is 5.32 Å². The second kappa shape index (κ2) is 11.0. The molecular formula is C17H18Cl2N4O2. The monoisotopic (exact) mass is 380 g/mol. The van der Waals surface area contributed by atoms with Gasteiger partial charge in [-0.2, -0.15) is 0 Å². The molecule has 25 heavy (non-hydrogen) atoms. The third-order valence-electron chi connectivity index (χ3n) is 2.90. The van der Waals surface area contributed by atoms with Crippen molar-refractivity contribution in [3.05, 3.63) is 59.3 Å². The lowest BCUT2D eigenvalue weighted by atomic mass is 10.1. The Morgan fingerprint density at radius 1 is 1.04 bits per heavy atom. The fourth-order valence-corrected chi connectivity index (χ4v) is 1.81. The number of hydrogen-bond donors (Lipinski definition) is 3. The van der Waals surface area contributed by atoms with E-state index in [2.05, 4.69) is 27.6 Å². The minimum Gasteiger partial charge on any atom is -0.311 e. The normalized spacial score (nSPS) is 8.72. The summed E-state index contributed by atoms with van der Waals surface area (Å²) in [5.41, 5.74) is 4.52. The Morgan fingerprint density at radius 2 is 1.64 bits per heavy atom. The summed E-state index contributed by atoms with van der Waals surface area (Å²) in [6.07, 6.45) is 1.83. The van der Waals surface area contributed by atoms with E-state index in [1.807, 2.05) is 24.3 Å². The quantitative estimate of drug-likeness (QED) is 0.327. The molecule has 2 rings (SSSR count). The SMILES string of the molecule is CC(=O)Nc1ccc(C#Cc2ccc(CC(=O)NN)cc2)cn1.Cl.Cl. The molecule has 1 aromatic heterocycles. The lowest BCUT2D eigenvalue weighted by Gasteiger charge is -2.00. The second-order valence-corrected chi connectivity index (χ2v) is 4.80. The van der Waals surface area contributed by atoms with Crippen molar-refractivity contribution < 1.29 is 9.59 Å². The topological polar surface area (TPSA) is 97.1 Å². The van der Waals surface area contributed by atoms with E-state index in [-0.39, 0.29) is 43.0 Å². The van der Waals surface area contributed by atoms with Gasteiger partial charge < -0.3 is 5.32 Å². The number of hydrazine groups is 1. The highest BCUT2D eigenvalue weighted by Gasteiger charge is 2.00. The molecule has 8 heteroatoms. The lowest BCUT2D eigenvalue weighted by Crippen LogP contribution is -2.31. The molecule has 0 spiro atoms. The summed E-state index contributed by atoms with van der Waals surface area (Å²) in [5.74, 6) is 11.1. The number of nitrogens with two attached hydrogens (primary N) is 1. The maximum atomic E-state index is 11.2. The van der Waals surface area contributed by atoms with Crippen LogP contribution in [0.3, 0.4) is 0 Å². The minimum absolute atomic E-state index is 0. The summed E-state index contributed by atoms with van der Waals surface area (Å²) in [6, 6.07) is 10.8. The predicted molar refractivity (Wildman–Crippen MR) is 101 cm³/mol. The largest absolute Gasteiger partial charge is 0.311 e. The number of carbonyl (C=O) groups is 2. The summed E-state index contributed by atoms with van der Waals surface area (Å²) in [7, 11) is 0. The molecular weight excluding hydrogens is 363 g/mol. The molecule has 0 bridgehead atoms. The van der Waals surface area contributed by atoms with Gasteiger partial charge in [0, 0.05) is 24.2 Å². The number of rotatable bonds is 3. The van der Waals surface area contributed by atoms with Crippen molar-refractivity contribution in [1.29, 1.82) is 0 Å². The highest BCUT2D eigenvalue weighted by atomic mass is 35.5. The highest BCUT2D eigenvalue weighted by molar-refractivity contribution is 5.87. The molecule has 0 saturated heterocycles. The molecule has 6 nitrogen and oxygen atoms in total. The van der Waals surface area contributed by atoms with Gasteiger partial charge in [0.05, 0.1) is 6.42 Å². The van der Waals surface area contributed by atoms with Crippen molar-refractivity contribution in [3.63, 3.8) is 0 Å². The Labute approximate surface area is 158 Å². The van der Waals surface area contributed by atoms with Gasteiger partial charge >= 0.3 is 0 Å². The fourth-order valence-electron chi connectivity index (χ4n) is 1.81. The number of pyridine rings is 1. The minimum atomic E-state index is -0.242. The maximum Gasteiger partial charge on any atom is 0.238 e. The van der Waals surface area contributed by atoms with Crippen LogP contribution in [-0.2, 0) is 16.0 Å². The summed E-state index contributed by atoms with van der Waals surface area (Å²) in [6.45, 7) is 1.43. The van der Waals surface area contributed by atoms with Gasteiger partial charge in [-0.3, -0.25) is 15.0 Å². The Bertz CT molecular complexity index is 766. The highest BCUT2D eigenvalue weighted by Crippen LogP contribution is 2.06. The molecule has 0 aliphatic rings. The first-order valence-corrected chi connectivity index (χ1v) is 6.91. The number of nitrogens with zero attached hydrogens (tertiary/aromatic N) is 1. The van der Waals surface area contributed by atoms with Gasteiger partial charge in [0.25, 0.3) is 0 Å². The van der Waals surface area contributed by atoms with Crippen LogP contribution in [0.4, 0.5) is 5.82 Å². The van der Waals surface area contributed by atoms with E-state index < -0.39 is 0 Å². The van der Waals surface area contributed by atoms with Crippen LogP contribution in [0.15, 0.2) is 42.6 Å². The van der Waals surface area contributed by atoms with E-state index in [9.17, 15) is 9.59 Å². The van der Waals surface area contributed by atoms with E-state index in [0.29, 0.717) is 5.82 Å². The molecule has 1 aromatic carbocycles. The Kier molecular flexibility index (Phi) is 9.91. The van der Waals surface area contributed by atoms with E-state index in [1.54, 1.807) is 18.3 Å². The van der Waals surface area contributed by atoms with Crippen molar-refractivity contribution in [3.8, 4) is 11.8 Å². The molecule has 0 saturated carbocycles.